The van der Waals surface area contributed by atoms with E-state index in [1.165, 1.54) is 60.7 Å². The zero-order valence-electron chi connectivity index (χ0n) is 23.4. The predicted molar refractivity (Wildman–Crippen MR) is 166 cm³/mol. The molecule has 0 bridgehead atoms. The van der Waals surface area contributed by atoms with Gasteiger partial charge >= 0.3 is 0 Å². The summed E-state index contributed by atoms with van der Waals surface area (Å²) in [7, 11) is 0. The van der Waals surface area contributed by atoms with Crippen LogP contribution in [0, 0.1) is 20.2 Å². The van der Waals surface area contributed by atoms with Crippen LogP contribution < -0.4 is 9.80 Å². The second-order valence-corrected chi connectivity index (χ2v) is 10.5. The predicted octanol–water partition coefficient (Wildman–Crippen LogP) is 6.44. The van der Waals surface area contributed by atoms with E-state index in [-0.39, 0.29) is 45.0 Å². The lowest BCUT2D eigenvalue weighted by molar-refractivity contribution is -0.385. The first kappa shape index (κ1) is 28.0. The molecule has 0 fully saturated rings. The van der Waals surface area contributed by atoms with Gasteiger partial charge in [-0.05, 0) is 95.1 Å². The number of hydrogen-bond donors (Lipinski definition) is 0. The average molecular weight is 611 g/mol. The molecular formula is C34H18N4O8. The molecule has 0 spiro atoms. The van der Waals surface area contributed by atoms with Gasteiger partial charge in [-0.15, -0.1) is 0 Å². The first-order valence-electron chi connectivity index (χ1n) is 13.8. The van der Waals surface area contributed by atoms with Gasteiger partial charge in [0.2, 0.25) is 0 Å². The molecule has 0 atom stereocenters. The van der Waals surface area contributed by atoms with E-state index in [9.17, 15) is 39.4 Å². The Kier molecular flexibility index (Phi) is 6.34. The van der Waals surface area contributed by atoms with Gasteiger partial charge in [0.25, 0.3) is 35.0 Å². The van der Waals surface area contributed by atoms with E-state index in [0.717, 1.165) is 9.80 Å². The minimum absolute atomic E-state index is 0.0704. The summed E-state index contributed by atoms with van der Waals surface area (Å²) in [6, 6.07) is 27.1. The largest absolute Gasteiger partial charge is 0.269 e. The van der Waals surface area contributed by atoms with Crippen molar-refractivity contribution >= 4 is 46.4 Å². The molecule has 0 N–H and O–H groups in total. The standard InChI is InChI=1S/C34H18N4O8/c39-31-27-15-5-21(19-1-7-25(8-2-19)37(43)44)17-29(27)33(41)35(31)23-11-13-24(14-12-23)36-32(40)28-16-6-22(18-30(28)34(36)42)20-3-9-26(10-4-20)38(45)46/h1-18H. The molecule has 5 aromatic rings. The number of nitro groups is 2. The number of hydrogen-bond acceptors (Lipinski definition) is 8. The number of non-ortho nitro benzene ring substituents is 2. The van der Waals surface area contributed by atoms with Crippen molar-refractivity contribution in [3.05, 3.63) is 152 Å². The third-order valence-electron chi connectivity index (χ3n) is 7.96. The Morgan fingerprint density at radius 2 is 0.696 bits per heavy atom. The van der Waals surface area contributed by atoms with E-state index in [1.54, 1.807) is 48.5 Å². The molecule has 7 rings (SSSR count). The fourth-order valence-corrected chi connectivity index (χ4v) is 5.61. The molecule has 12 heteroatoms. The first-order valence-corrected chi connectivity index (χ1v) is 13.8. The van der Waals surface area contributed by atoms with Crippen LogP contribution >= 0.6 is 0 Å². The van der Waals surface area contributed by atoms with Crippen LogP contribution in [0.2, 0.25) is 0 Å². The topological polar surface area (TPSA) is 161 Å². The van der Waals surface area contributed by atoms with Crippen LogP contribution in [-0.2, 0) is 0 Å². The molecule has 12 nitrogen and oxygen atoms in total. The van der Waals surface area contributed by atoms with Gasteiger partial charge in [0.1, 0.15) is 0 Å². The zero-order valence-corrected chi connectivity index (χ0v) is 23.4. The summed E-state index contributed by atoms with van der Waals surface area (Å²) in [6.07, 6.45) is 0. The van der Waals surface area contributed by atoms with Crippen molar-refractivity contribution in [3.8, 4) is 22.3 Å². The highest BCUT2D eigenvalue weighted by atomic mass is 16.6. The summed E-state index contributed by atoms with van der Waals surface area (Å²) in [5.41, 5.74) is 3.57. The van der Waals surface area contributed by atoms with Crippen LogP contribution in [-0.4, -0.2) is 33.5 Å². The Bertz CT molecular complexity index is 2020. The molecule has 2 aliphatic heterocycles. The van der Waals surface area contributed by atoms with Crippen LogP contribution in [0.4, 0.5) is 22.7 Å². The summed E-state index contributed by atoms with van der Waals surface area (Å²) in [6.45, 7) is 0. The Morgan fingerprint density at radius 3 is 1.02 bits per heavy atom. The van der Waals surface area contributed by atoms with E-state index in [4.69, 9.17) is 0 Å². The van der Waals surface area contributed by atoms with Crippen LogP contribution in [0.15, 0.2) is 109 Å². The first-order chi connectivity index (χ1) is 22.1. The Balaban J connectivity index is 1.13. The molecule has 0 saturated carbocycles. The quantitative estimate of drug-likeness (QED) is 0.121. The Hall–Kier alpha value is -6.82. The highest BCUT2D eigenvalue weighted by molar-refractivity contribution is 6.36. The smallest absolute Gasteiger partial charge is 0.268 e. The molecule has 5 aromatic carbocycles. The number of amides is 4. The van der Waals surface area contributed by atoms with Crippen LogP contribution in [0.3, 0.4) is 0 Å². The number of anilines is 2. The number of rotatable bonds is 6. The maximum atomic E-state index is 13.4. The van der Waals surface area contributed by atoms with Crippen LogP contribution in [0.1, 0.15) is 41.4 Å². The molecule has 2 aliphatic rings. The third kappa shape index (κ3) is 4.40. The fourth-order valence-electron chi connectivity index (χ4n) is 5.61. The van der Waals surface area contributed by atoms with E-state index in [0.29, 0.717) is 22.3 Å². The van der Waals surface area contributed by atoms with Crippen molar-refractivity contribution < 1.29 is 29.0 Å². The summed E-state index contributed by atoms with van der Waals surface area (Å²) in [4.78, 5) is 76.2. The maximum Gasteiger partial charge on any atom is 0.269 e. The summed E-state index contributed by atoms with van der Waals surface area (Å²) in [5.74, 6) is -2.20. The number of nitrogens with zero attached hydrogens (tertiary/aromatic N) is 4. The minimum Gasteiger partial charge on any atom is -0.268 e. The average Bonchev–Trinajstić information content (AvgIpc) is 3.48. The Labute approximate surface area is 259 Å². The molecule has 0 unspecified atom stereocenters. The van der Waals surface area contributed by atoms with Gasteiger partial charge < -0.3 is 0 Å². The minimum atomic E-state index is -0.559. The zero-order chi connectivity index (χ0) is 32.3. The van der Waals surface area contributed by atoms with Crippen molar-refractivity contribution in [1.82, 2.24) is 0 Å². The van der Waals surface area contributed by atoms with Crippen LogP contribution in [0.5, 0.6) is 0 Å². The molecule has 0 saturated heterocycles. The summed E-state index contributed by atoms with van der Waals surface area (Å²) in [5, 5.41) is 22.0. The maximum absolute atomic E-state index is 13.4. The van der Waals surface area contributed by atoms with Crippen LogP contribution in [0.25, 0.3) is 22.3 Å². The second-order valence-electron chi connectivity index (χ2n) is 10.5. The number of imide groups is 2. The number of nitro benzene ring substituents is 2. The highest BCUT2D eigenvalue weighted by Gasteiger charge is 2.39. The van der Waals surface area contributed by atoms with E-state index in [2.05, 4.69) is 0 Å². The van der Waals surface area contributed by atoms with Crippen molar-refractivity contribution in [2.24, 2.45) is 0 Å². The molecule has 2 heterocycles. The van der Waals surface area contributed by atoms with E-state index >= 15 is 0 Å². The van der Waals surface area contributed by atoms with E-state index in [1.807, 2.05) is 0 Å². The van der Waals surface area contributed by atoms with Gasteiger partial charge in [0, 0.05) is 24.3 Å². The van der Waals surface area contributed by atoms with Gasteiger partial charge in [-0.2, -0.15) is 0 Å². The van der Waals surface area contributed by atoms with Gasteiger partial charge in [0.05, 0.1) is 43.5 Å². The highest BCUT2D eigenvalue weighted by Crippen LogP contribution is 2.36. The molecule has 0 aromatic heterocycles. The Morgan fingerprint density at radius 1 is 0.391 bits per heavy atom. The van der Waals surface area contributed by atoms with Crippen molar-refractivity contribution in [2.75, 3.05) is 9.80 Å². The van der Waals surface area contributed by atoms with Crippen molar-refractivity contribution in [2.45, 2.75) is 0 Å². The van der Waals surface area contributed by atoms with Gasteiger partial charge in [-0.1, -0.05) is 12.1 Å². The lowest BCUT2D eigenvalue weighted by Gasteiger charge is -2.17. The third-order valence-corrected chi connectivity index (χ3v) is 7.96. The number of carbonyl (C=O) groups is 4. The monoisotopic (exact) mass is 610 g/mol. The molecule has 4 amide bonds. The summed E-state index contributed by atoms with van der Waals surface area (Å²) >= 11 is 0. The van der Waals surface area contributed by atoms with Crippen molar-refractivity contribution in [1.29, 1.82) is 0 Å². The molecular weight excluding hydrogens is 592 g/mol. The lowest BCUT2D eigenvalue weighted by Crippen LogP contribution is -2.30. The summed E-state index contributed by atoms with van der Waals surface area (Å²) < 4.78 is 0. The number of benzene rings is 5. The van der Waals surface area contributed by atoms with Gasteiger partial charge in [-0.3, -0.25) is 39.4 Å². The number of carbonyl (C=O) groups excluding carboxylic acids is 4. The van der Waals surface area contributed by atoms with Crippen molar-refractivity contribution in [3.63, 3.8) is 0 Å². The van der Waals surface area contributed by atoms with Gasteiger partial charge in [0.15, 0.2) is 0 Å². The fraction of sp³-hybridized carbons (Fsp3) is 0. The van der Waals surface area contributed by atoms with Gasteiger partial charge in [-0.25, -0.2) is 9.80 Å². The SMILES string of the molecule is O=C1c2ccc(-c3ccc([N+](=O)[O-])cc3)cc2C(=O)N1c1ccc(N2C(=O)c3ccc(-c4ccc([N+](=O)[O-])cc4)cc3C2=O)cc1. The second kappa shape index (κ2) is 10.4. The normalized spacial score (nSPS) is 13.7. The molecule has 0 aliphatic carbocycles. The molecule has 222 valence electrons. The lowest BCUT2D eigenvalue weighted by atomic mass is 10.00. The number of fused-ring (bicyclic) bond motifs is 2. The molecule has 0 radical (unpaired) electrons. The van der Waals surface area contributed by atoms with E-state index < -0.39 is 33.5 Å². The molecule has 46 heavy (non-hydrogen) atoms.